The van der Waals surface area contributed by atoms with Gasteiger partial charge in [0.2, 0.25) is 5.91 Å². The summed E-state index contributed by atoms with van der Waals surface area (Å²) < 4.78 is 5.71. The number of aromatic nitrogens is 2. The minimum absolute atomic E-state index is 0.158. The van der Waals surface area contributed by atoms with Crippen molar-refractivity contribution in [1.29, 1.82) is 0 Å². The largest absolute Gasteiger partial charge is 0.489 e. The molecule has 134 valence electrons. The molecule has 26 heavy (non-hydrogen) atoms. The molecule has 1 amide bonds. The number of amides is 1. The van der Waals surface area contributed by atoms with Crippen LogP contribution in [-0.4, -0.2) is 28.2 Å². The lowest BCUT2D eigenvalue weighted by molar-refractivity contribution is -0.116. The van der Waals surface area contributed by atoms with Gasteiger partial charge in [0.15, 0.2) is 5.16 Å². The van der Waals surface area contributed by atoms with E-state index in [0.29, 0.717) is 34.6 Å². The van der Waals surface area contributed by atoms with Gasteiger partial charge >= 0.3 is 0 Å². The van der Waals surface area contributed by atoms with E-state index in [9.17, 15) is 9.59 Å². The maximum absolute atomic E-state index is 12.7. The molecule has 0 radical (unpaired) electrons. The van der Waals surface area contributed by atoms with Gasteiger partial charge in [0.1, 0.15) is 18.2 Å². The number of nitrogens with one attached hydrogen (secondary N) is 2. The number of hydrogen-bond donors (Lipinski definition) is 2. The number of carbonyl (C=O) groups is 1. The molecule has 6 nitrogen and oxygen atoms in total. The minimum Gasteiger partial charge on any atom is -0.489 e. The number of ether oxygens (including phenoxy) is 1. The summed E-state index contributed by atoms with van der Waals surface area (Å²) in [4.78, 5) is 32.1. The van der Waals surface area contributed by atoms with Crippen LogP contribution < -0.4 is 15.6 Å². The van der Waals surface area contributed by atoms with Crippen LogP contribution in [0.15, 0.2) is 59.5 Å². The first-order valence-corrected chi connectivity index (χ1v) is 9.13. The molecule has 1 atom stereocenters. The predicted molar refractivity (Wildman–Crippen MR) is 103 cm³/mol. The Bertz CT molecular complexity index is 907. The van der Waals surface area contributed by atoms with E-state index < -0.39 is 5.92 Å². The van der Waals surface area contributed by atoms with Crippen LogP contribution >= 0.6 is 11.8 Å². The van der Waals surface area contributed by atoms with Crippen LogP contribution in [0.3, 0.4) is 0 Å². The maximum Gasteiger partial charge on any atom is 0.257 e. The summed E-state index contributed by atoms with van der Waals surface area (Å²) >= 11 is 1.35. The number of rotatable bonds is 7. The van der Waals surface area contributed by atoms with E-state index in [1.807, 2.05) is 24.3 Å². The van der Waals surface area contributed by atoms with Crippen molar-refractivity contribution in [1.82, 2.24) is 9.97 Å². The number of aromatic amines is 1. The smallest absolute Gasteiger partial charge is 0.257 e. The lowest BCUT2D eigenvalue weighted by Crippen LogP contribution is -2.31. The van der Waals surface area contributed by atoms with Crippen molar-refractivity contribution in [3.63, 3.8) is 0 Å². The predicted octanol–water partition coefficient (Wildman–Crippen LogP) is 3.09. The molecule has 2 aromatic rings. The normalized spacial score (nSPS) is 15.7. The van der Waals surface area contributed by atoms with Gasteiger partial charge in [-0.3, -0.25) is 9.59 Å². The highest BCUT2D eigenvalue weighted by molar-refractivity contribution is 7.99. The summed E-state index contributed by atoms with van der Waals surface area (Å²) in [5, 5.41) is 3.16. The Labute approximate surface area is 155 Å². The number of carbonyl (C=O) groups excluding carboxylic acids is 1. The lowest BCUT2D eigenvalue weighted by Gasteiger charge is -2.25. The van der Waals surface area contributed by atoms with Crippen molar-refractivity contribution in [3.8, 4) is 5.75 Å². The highest BCUT2D eigenvalue weighted by atomic mass is 32.2. The van der Waals surface area contributed by atoms with Gasteiger partial charge in [0, 0.05) is 23.7 Å². The fourth-order valence-electron chi connectivity index (χ4n) is 2.87. The molecule has 1 aliphatic heterocycles. The molecule has 0 bridgehead atoms. The molecule has 0 saturated carbocycles. The molecular formula is C19H19N3O3S. The number of para-hydroxylation sites is 1. The summed E-state index contributed by atoms with van der Waals surface area (Å²) in [6.07, 6.45) is 3.53. The molecule has 1 aromatic carbocycles. The summed E-state index contributed by atoms with van der Waals surface area (Å²) in [6, 6.07) is 7.40. The van der Waals surface area contributed by atoms with Crippen molar-refractivity contribution in [2.24, 2.45) is 0 Å². The molecule has 0 aliphatic carbocycles. The van der Waals surface area contributed by atoms with Crippen LogP contribution in [0, 0.1) is 0 Å². The lowest BCUT2D eigenvalue weighted by atomic mass is 9.86. The zero-order valence-corrected chi connectivity index (χ0v) is 15.0. The van der Waals surface area contributed by atoms with Gasteiger partial charge in [-0.05, 0) is 6.07 Å². The van der Waals surface area contributed by atoms with Crippen LogP contribution in [0.5, 0.6) is 5.75 Å². The molecule has 2 heterocycles. The molecule has 7 heteroatoms. The van der Waals surface area contributed by atoms with Gasteiger partial charge in [-0.25, -0.2) is 4.98 Å². The standard InChI is InChI=1S/C19H19N3O3S/c1-3-9-25-14-8-6-5-7-12(14)13-11-15(23)20-17-16(13)18(24)22-19(21-17)26-10-4-2/h3-8,13H,1-2,9-11H2,(H2,20,21,22,23,24). The number of hydrogen-bond acceptors (Lipinski definition) is 5. The molecule has 0 fully saturated rings. The SMILES string of the molecule is C=CCOc1ccccc1C1CC(=O)Nc2nc(SCC=C)[nH]c(=O)c21. The third kappa shape index (κ3) is 3.72. The Hall–Kier alpha value is -2.80. The molecule has 1 aromatic heterocycles. The number of H-pyrrole nitrogens is 1. The monoisotopic (exact) mass is 369 g/mol. The molecule has 0 saturated heterocycles. The zero-order valence-electron chi connectivity index (χ0n) is 14.2. The zero-order chi connectivity index (χ0) is 18.5. The van der Waals surface area contributed by atoms with Crippen molar-refractivity contribution in [2.75, 3.05) is 17.7 Å². The van der Waals surface area contributed by atoms with E-state index in [-0.39, 0.29) is 17.9 Å². The number of benzene rings is 1. The van der Waals surface area contributed by atoms with Crippen molar-refractivity contribution >= 4 is 23.5 Å². The summed E-state index contributed by atoms with van der Waals surface area (Å²) in [6.45, 7) is 7.64. The summed E-state index contributed by atoms with van der Waals surface area (Å²) in [5.41, 5.74) is 0.969. The second-order valence-corrected chi connectivity index (χ2v) is 6.68. The van der Waals surface area contributed by atoms with E-state index >= 15 is 0 Å². The molecular weight excluding hydrogens is 350 g/mol. The van der Waals surface area contributed by atoms with Crippen LogP contribution in [0.25, 0.3) is 0 Å². The molecule has 2 N–H and O–H groups in total. The van der Waals surface area contributed by atoms with E-state index in [2.05, 4.69) is 28.4 Å². The third-order valence-corrected chi connectivity index (χ3v) is 4.79. The second-order valence-electron chi connectivity index (χ2n) is 5.68. The minimum atomic E-state index is -0.422. The molecule has 3 rings (SSSR count). The fourth-order valence-corrected chi connectivity index (χ4v) is 3.47. The Balaban J connectivity index is 2.07. The highest BCUT2D eigenvalue weighted by Gasteiger charge is 2.32. The first kappa shape index (κ1) is 18.0. The van der Waals surface area contributed by atoms with Crippen molar-refractivity contribution in [3.05, 3.63) is 71.1 Å². The first-order valence-electron chi connectivity index (χ1n) is 8.14. The van der Waals surface area contributed by atoms with Gasteiger partial charge in [0.25, 0.3) is 5.56 Å². The third-order valence-electron chi connectivity index (χ3n) is 3.92. The Morgan fingerprint density at radius 2 is 2.08 bits per heavy atom. The van der Waals surface area contributed by atoms with Crippen LogP contribution in [0.2, 0.25) is 0 Å². The average Bonchev–Trinajstić information content (AvgIpc) is 2.64. The number of anilines is 1. The van der Waals surface area contributed by atoms with E-state index in [0.717, 1.165) is 5.56 Å². The van der Waals surface area contributed by atoms with Gasteiger partial charge in [-0.2, -0.15) is 0 Å². The Morgan fingerprint density at radius 1 is 1.27 bits per heavy atom. The Morgan fingerprint density at radius 3 is 2.85 bits per heavy atom. The fraction of sp³-hybridized carbons (Fsp3) is 0.211. The van der Waals surface area contributed by atoms with Gasteiger partial charge < -0.3 is 15.0 Å². The maximum atomic E-state index is 12.7. The summed E-state index contributed by atoms with van der Waals surface area (Å²) in [5.74, 6) is 0.938. The Kier molecular flexibility index (Phi) is 5.58. The first-order chi connectivity index (χ1) is 12.6. The molecule has 1 aliphatic rings. The quantitative estimate of drug-likeness (QED) is 0.445. The van der Waals surface area contributed by atoms with Crippen molar-refractivity contribution in [2.45, 2.75) is 17.5 Å². The average molecular weight is 369 g/mol. The van der Waals surface area contributed by atoms with Gasteiger partial charge in [0.05, 0.1) is 5.56 Å². The number of fused-ring (bicyclic) bond motifs is 1. The topological polar surface area (TPSA) is 84.1 Å². The van der Waals surface area contributed by atoms with Gasteiger partial charge in [-0.15, -0.1) is 6.58 Å². The van der Waals surface area contributed by atoms with Crippen molar-refractivity contribution < 1.29 is 9.53 Å². The second kappa shape index (κ2) is 8.05. The van der Waals surface area contributed by atoms with Crippen LogP contribution in [0.4, 0.5) is 5.82 Å². The van der Waals surface area contributed by atoms with Gasteiger partial charge in [-0.1, -0.05) is 48.7 Å². The molecule has 0 spiro atoms. The van der Waals surface area contributed by atoms with Crippen LogP contribution in [0.1, 0.15) is 23.5 Å². The van der Waals surface area contributed by atoms with E-state index in [4.69, 9.17) is 4.74 Å². The summed E-state index contributed by atoms with van der Waals surface area (Å²) in [7, 11) is 0. The van der Waals surface area contributed by atoms with E-state index in [1.54, 1.807) is 12.2 Å². The number of thioether (sulfide) groups is 1. The number of nitrogens with zero attached hydrogens (tertiary/aromatic N) is 1. The molecule has 1 unspecified atom stereocenters. The highest BCUT2D eigenvalue weighted by Crippen LogP contribution is 2.38. The van der Waals surface area contributed by atoms with Crippen LogP contribution in [-0.2, 0) is 4.79 Å². The van der Waals surface area contributed by atoms with E-state index in [1.165, 1.54) is 11.8 Å².